The Labute approximate surface area is 120 Å². The summed E-state index contributed by atoms with van der Waals surface area (Å²) in [5.41, 5.74) is 9.79. The van der Waals surface area contributed by atoms with Crippen molar-refractivity contribution in [2.24, 2.45) is 5.73 Å². The van der Waals surface area contributed by atoms with E-state index in [0.29, 0.717) is 0 Å². The SMILES string of the molecule is CC1(C(N)c2ccc(-c3ccccc3)cc2)CCCO1. The summed E-state index contributed by atoms with van der Waals surface area (Å²) in [5.74, 6) is 0. The average Bonchev–Trinajstić information content (AvgIpc) is 2.96. The summed E-state index contributed by atoms with van der Waals surface area (Å²) in [6, 6.07) is 18.9. The molecule has 1 aliphatic heterocycles. The lowest BCUT2D eigenvalue weighted by molar-refractivity contribution is -0.00173. The highest BCUT2D eigenvalue weighted by Crippen LogP contribution is 2.36. The standard InChI is InChI=1S/C18H21NO/c1-18(12-5-13-20-18)17(19)16-10-8-15(9-11-16)14-6-3-2-4-7-14/h2-4,6-11,17H,5,12-13,19H2,1H3. The van der Waals surface area contributed by atoms with Gasteiger partial charge in [-0.05, 0) is 36.5 Å². The number of rotatable bonds is 3. The molecular formula is C18H21NO. The molecule has 0 saturated carbocycles. The molecule has 2 N–H and O–H groups in total. The molecule has 2 aromatic carbocycles. The summed E-state index contributed by atoms with van der Waals surface area (Å²) in [6.45, 7) is 2.95. The Morgan fingerprint density at radius 3 is 2.25 bits per heavy atom. The van der Waals surface area contributed by atoms with Crippen molar-refractivity contribution in [3.63, 3.8) is 0 Å². The fraction of sp³-hybridized carbons (Fsp3) is 0.333. The van der Waals surface area contributed by atoms with Gasteiger partial charge in [-0.15, -0.1) is 0 Å². The summed E-state index contributed by atoms with van der Waals surface area (Å²) < 4.78 is 5.85. The minimum absolute atomic E-state index is 0.0603. The quantitative estimate of drug-likeness (QED) is 0.914. The zero-order chi connectivity index (χ0) is 14.0. The topological polar surface area (TPSA) is 35.2 Å². The molecule has 2 unspecified atom stereocenters. The molecule has 2 nitrogen and oxygen atoms in total. The summed E-state index contributed by atoms with van der Waals surface area (Å²) >= 11 is 0. The molecule has 0 aliphatic carbocycles. The third-order valence-electron chi connectivity index (χ3n) is 4.28. The van der Waals surface area contributed by atoms with Crippen LogP contribution in [-0.4, -0.2) is 12.2 Å². The van der Waals surface area contributed by atoms with Crippen LogP contribution in [0.1, 0.15) is 31.4 Å². The van der Waals surface area contributed by atoms with Crippen LogP contribution in [0.25, 0.3) is 11.1 Å². The smallest absolute Gasteiger partial charge is 0.0847 e. The normalized spacial score (nSPS) is 23.7. The number of benzene rings is 2. The van der Waals surface area contributed by atoms with Crippen molar-refractivity contribution in [1.82, 2.24) is 0 Å². The molecule has 2 aromatic rings. The van der Waals surface area contributed by atoms with Gasteiger partial charge >= 0.3 is 0 Å². The van der Waals surface area contributed by atoms with Crippen molar-refractivity contribution in [2.75, 3.05) is 6.61 Å². The zero-order valence-corrected chi connectivity index (χ0v) is 11.9. The van der Waals surface area contributed by atoms with E-state index in [9.17, 15) is 0 Å². The van der Waals surface area contributed by atoms with E-state index in [2.05, 4.69) is 55.5 Å². The van der Waals surface area contributed by atoms with Gasteiger partial charge in [0.15, 0.2) is 0 Å². The minimum atomic E-state index is -0.214. The number of nitrogens with two attached hydrogens (primary N) is 1. The Hall–Kier alpha value is -1.64. The van der Waals surface area contributed by atoms with Gasteiger partial charge in [0.2, 0.25) is 0 Å². The molecule has 1 saturated heterocycles. The second-order valence-corrected chi connectivity index (χ2v) is 5.73. The predicted octanol–water partition coefficient (Wildman–Crippen LogP) is 3.92. The second-order valence-electron chi connectivity index (χ2n) is 5.73. The van der Waals surface area contributed by atoms with E-state index < -0.39 is 0 Å². The Morgan fingerprint density at radius 1 is 1.00 bits per heavy atom. The molecule has 3 rings (SSSR count). The van der Waals surface area contributed by atoms with Crippen LogP contribution in [-0.2, 0) is 4.74 Å². The molecule has 1 fully saturated rings. The van der Waals surface area contributed by atoms with E-state index in [0.717, 1.165) is 25.0 Å². The molecule has 0 spiro atoms. The molecule has 0 bridgehead atoms. The van der Waals surface area contributed by atoms with Crippen molar-refractivity contribution in [1.29, 1.82) is 0 Å². The Morgan fingerprint density at radius 2 is 1.65 bits per heavy atom. The lowest BCUT2D eigenvalue weighted by Crippen LogP contribution is -2.37. The van der Waals surface area contributed by atoms with E-state index in [4.69, 9.17) is 10.5 Å². The highest BCUT2D eigenvalue weighted by molar-refractivity contribution is 5.63. The molecule has 0 radical (unpaired) electrons. The molecule has 2 atom stereocenters. The molecule has 0 aromatic heterocycles. The lowest BCUT2D eigenvalue weighted by atomic mass is 9.88. The molecule has 2 heteroatoms. The lowest BCUT2D eigenvalue weighted by Gasteiger charge is -2.30. The highest BCUT2D eigenvalue weighted by atomic mass is 16.5. The average molecular weight is 267 g/mol. The van der Waals surface area contributed by atoms with Crippen LogP contribution >= 0.6 is 0 Å². The third-order valence-corrected chi connectivity index (χ3v) is 4.28. The van der Waals surface area contributed by atoms with Gasteiger partial charge in [0.1, 0.15) is 0 Å². The van der Waals surface area contributed by atoms with Gasteiger partial charge in [-0.2, -0.15) is 0 Å². The van der Waals surface area contributed by atoms with Gasteiger partial charge < -0.3 is 10.5 Å². The first-order valence-electron chi connectivity index (χ1n) is 7.24. The van der Waals surface area contributed by atoms with E-state index in [-0.39, 0.29) is 11.6 Å². The second kappa shape index (κ2) is 5.39. The maximum absolute atomic E-state index is 6.40. The van der Waals surface area contributed by atoms with Crippen LogP contribution in [0.2, 0.25) is 0 Å². The summed E-state index contributed by atoms with van der Waals surface area (Å²) in [6.07, 6.45) is 2.14. The summed E-state index contributed by atoms with van der Waals surface area (Å²) in [7, 11) is 0. The van der Waals surface area contributed by atoms with Gasteiger partial charge in [-0.1, -0.05) is 54.6 Å². The maximum atomic E-state index is 6.40. The van der Waals surface area contributed by atoms with Crippen molar-refractivity contribution >= 4 is 0 Å². The Bertz CT molecular complexity index is 556. The Kier molecular flexibility index (Phi) is 3.60. The van der Waals surface area contributed by atoms with Crippen LogP contribution < -0.4 is 5.73 Å². The van der Waals surface area contributed by atoms with Crippen molar-refractivity contribution < 1.29 is 4.74 Å². The first kappa shape index (κ1) is 13.3. The fourth-order valence-electron chi connectivity index (χ4n) is 2.91. The fourth-order valence-corrected chi connectivity index (χ4v) is 2.91. The largest absolute Gasteiger partial charge is 0.373 e. The zero-order valence-electron chi connectivity index (χ0n) is 11.9. The monoisotopic (exact) mass is 267 g/mol. The van der Waals surface area contributed by atoms with Crippen molar-refractivity contribution in [2.45, 2.75) is 31.4 Å². The number of hydrogen-bond acceptors (Lipinski definition) is 2. The molecular weight excluding hydrogens is 246 g/mol. The van der Waals surface area contributed by atoms with Crippen molar-refractivity contribution in [3.05, 3.63) is 60.2 Å². The highest BCUT2D eigenvalue weighted by Gasteiger charge is 2.36. The third kappa shape index (κ3) is 2.49. The number of ether oxygens (including phenoxy) is 1. The van der Waals surface area contributed by atoms with Crippen LogP contribution in [0.4, 0.5) is 0 Å². The molecule has 1 aliphatic rings. The van der Waals surface area contributed by atoms with E-state index >= 15 is 0 Å². The predicted molar refractivity (Wildman–Crippen MR) is 82.4 cm³/mol. The molecule has 20 heavy (non-hydrogen) atoms. The first-order chi connectivity index (χ1) is 9.69. The Balaban J connectivity index is 1.83. The van der Waals surface area contributed by atoms with E-state index in [1.807, 2.05) is 6.07 Å². The minimum Gasteiger partial charge on any atom is -0.373 e. The van der Waals surface area contributed by atoms with Gasteiger partial charge in [-0.3, -0.25) is 0 Å². The summed E-state index contributed by atoms with van der Waals surface area (Å²) in [5, 5.41) is 0. The molecule has 1 heterocycles. The maximum Gasteiger partial charge on any atom is 0.0847 e. The van der Waals surface area contributed by atoms with Crippen LogP contribution in [0, 0.1) is 0 Å². The van der Waals surface area contributed by atoms with Gasteiger partial charge in [0, 0.05) is 6.61 Å². The molecule has 0 amide bonds. The van der Waals surface area contributed by atoms with Gasteiger partial charge in [0.05, 0.1) is 11.6 Å². The van der Waals surface area contributed by atoms with Gasteiger partial charge in [-0.25, -0.2) is 0 Å². The first-order valence-corrected chi connectivity index (χ1v) is 7.24. The summed E-state index contributed by atoms with van der Waals surface area (Å²) in [4.78, 5) is 0. The van der Waals surface area contributed by atoms with Gasteiger partial charge in [0.25, 0.3) is 0 Å². The molecule has 104 valence electrons. The van der Waals surface area contributed by atoms with E-state index in [1.165, 1.54) is 11.1 Å². The van der Waals surface area contributed by atoms with E-state index in [1.54, 1.807) is 0 Å². The number of hydrogen-bond donors (Lipinski definition) is 1. The van der Waals surface area contributed by atoms with Crippen molar-refractivity contribution in [3.8, 4) is 11.1 Å². The van der Waals surface area contributed by atoms with Crippen LogP contribution in [0.3, 0.4) is 0 Å². The van der Waals surface area contributed by atoms with Crippen LogP contribution in [0.5, 0.6) is 0 Å². The van der Waals surface area contributed by atoms with Crippen LogP contribution in [0.15, 0.2) is 54.6 Å².